The van der Waals surface area contributed by atoms with Crippen molar-refractivity contribution in [3.63, 3.8) is 0 Å². The van der Waals surface area contributed by atoms with Gasteiger partial charge in [0.25, 0.3) is 0 Å². The molecule has 6 rings (SSSR count). The van der Waals surface area contributed by atoms with Gasteiger partial charge in [-0.3, -0.25) is 19.2 Å². The monoisotopic (exact) mass is 622 g/mol. The Morgan fingerprint density at radius 1 is 0.761 bits per heavy atom. The van der Waals surface area contributed by atoms with Gasteiger partial charge in [-0.05, 0) is 60.3 Å². The van der Waals surface area contributed by atoms with E-state index < -0.39 is 53.7 Å². The van der Waals surface area contributed by atoms with Gasteiger partial charge in [0.1, 0.15) is 35.5 Å². The summed E-state index contributed by atoms with van der Waals surface area (Å²) in [7, 11) is 0. The van der Waals surface area contributed by atoms with Gasteiger partial charge in [0, 0.05) is 5.92 Å². The van der Waals surface area contributed by atoms with Crippen molar-refractivity contribution in [1.82, 2.24) is 0 Å². The summed E-state index contributed by atoms with van der Waals surface area (Å²) in [5, 5.41) is 20.6. The van der Waals surface area contributed by atoms with Crippen LogP contribution in [0.15, 0.2) is 36.4 Å². The van der Waals surface area contributed by atoms with Crippen LogP contribution in [0, 0.1) is 40.4 Å². The van der Waals surface area contributed by atoms with Crippen LogP contribution in [0.3, 0.4) is 0 Å². The van der Waals surface area contributed by atoms with Crippen molar-refractivity contribution in [2.24, 2.45) is 17.8 Å². The van der Waals surface area contributed by atoms with E-state index in [1.54, 1.807) is 30.3 Å². The van der Waals surface area contributed by atoms with Crippen LogP contribution in [0.25, 0.3) is 0 Å². The third-order valence-electron chi connectivity index (χ3n) is 10.5. The third kappa shape index (κ3) is 5.80. The zero-order chi connectivity index (χ0) is 32.4. The first-order valence-corrected chi connectivity index (χ1v) is 16.6. The Hall–Kier alpha value is -4.50. The summed E-state index contributed by atoms with van der Waals surface area (Å²) in [6.07, 6.45) is 10.3. The molecule has 0 aromatic heterocycles. The lowest BCUT2D eigenvalue weighted by molar-refractivity contribution is -0.156. The zero-order valence-corrected chi connectivity index (χ0v) is 26.0. The first kappa shape index (κ1) is 31.5. The molecule has 9 heteroatoms. The molecule has 2 aliphatic carbocycles. The average molecular weight is 623 g/mol. The topological polar surface area (TPSA) is 144 Å². The summed E-state index contributed by atoms with van der Waals surface area (Å²) in [5.41, 5.74) is 2.22. The average Bonchev–Trinajstić information content (AvgIpc) is 3.56. The van der Waals surface area contributed by atoms with Crippen molar-refractivity contribution in [3.05, 3.63) is 64.2 Å². The quantitative estimate of drug-likeness (QED) is 0.165. The zero-order valence-electron chi connectivity index (χ0n) is 26.0. The van der Waals surface area contributed by atoms with Gasteiger partial charge in [-0.2, -0.15) is 10.5 Å². The van der Waals surface area contributed by atoms with Gasteiger partial charge in [-0.15, -0.1) is 0 Å². The van der Waals surface area contributed by atoms with E-state index in [1.165, 1.54) is 38.5 Å². The molecule has 0 radical (unpaired) electrons. The summed E-state index contributed by atoms with van der Waals surface area (Å²) < 4.78 is 16.5. The number of esters is 4. The number of hydrogen-bond acceptors (Lipinski definition) is 9. The normalized spacial score (nSPS) is 28.5. The smallest absolute Gasteiger partial charge is 0.322 e. The van der Waals surface area contributed by atoms with E-state index in [4.69, 9.17) is 14.2 Å². The van der Waals surface area contributed by atoms with E-state index in [1.807, 2.05) is 6.07 Å². The van der Waals surface area contributed by atoms with Gasteiger partial charge in [0.05, 0.1) is 23.8 Å². The number of cyclic esters (lactones) is 4. The lowest BCUT2D eigenvalue weighted by Gasteiger charge is -2.40. The number of ether oxygens (including phenoxy) is 3. The summed E-state index contributed by atoms with van der Waals surface area (Å²) in [6, 6.07) is 14.8. The minimum atomic E-state index is -1.14. The standard InChI is InChI=1S/C37H38N2O7/c1-2-3-4-5-6-9-21-12-14-22(15-13-21)23-16-17-29(28(20-39)27(23)19-38)44-34-31(26-18-30(40)45-35(26)41)24-10-7-8-11-25(24)32-33(34)37(43)46-36(32)42/h7-8,10-11,16-17,21-22,26,31-34H,2-6,9,12-15,18H2,1H3. The van der Waals surface area contributed by atoms with Crippen LogP contribution in [0.5, 0.6) is 5.75 Å². The Bertz CT molecular complexity index is 1630. The maximum absolute atomic E-state index is 13.2. The van der Waals surface area contributed by atoms with E-state index in [0.29, 0.717) is 17.0 Å². The molecule has 3 fully saturated rings. The molecule has 2 saturated heterocycles. The molecule has 1 saturated carbocycles. The molecule has 5 atom stereocenters. The van der Waals surface area contributed by atoms with E-state index >= 15 is 0 Å². The number of carbonyl (C=O) groups excluding carboxylic acids is 4. The maximum Gasteiger partial charge on any atom is 0.322 e. The number of carbonyl (C=O) groups is 4. The number of rotatable bonds is 10. The lowest BCUT2D eigenvalue weighted by Crippen LogP contribution is -2.46. The minimum Gasteiger partial charge on any atom is -0.487 e. The molecular formula is C37H38N2O7. The van der Waals surface area contributed by atoms with E-state index in [2.05, 4.69) is 19.1 Å². The van der Waals surface area contributed by atoms with Crippen LogP contribution in [-0.4, -0.2) is 30.0 Å². The fraction of sp³-hybridized carbons (Fsp3) is 0.514. The highest BCUT2D eigenvalue weighted by Gasteiger charge is 2.60. The van der Waals surface area contributed by atoms with Crippen LogP contribution < -0.4 is 4.74 Å². The Kier molecular flexibility index (Phi) is 9.22. The number of benzene rings is 2. The maximum atomic E-state index is 13.2. The molecule has 0 bridgehead atoms. The Labute approximate surface area is 268 Å². The van der Waals surface area contributed by atoms with E-state index in [0.717, 1.165) is 31.2 Å². The molecule has 0 N–H and O–H groups in total. The second-order valence-electron chi connectivity index (χ2n) is 13.1. The van der Waals surface area contributed by atoms with Crippen molar-refractivity contribution >= 4 is 23.9 Å². The molecule has 4 aliphatic rings. The second kappa shape index (κ2) is 13.5. The first-order valence-electron chi connectivity index (χ1n) is 16.6. The van der Waals surface area contributed by atoms with Crippen molar-refractivity contribution in [1.29, 1.82) is 10.5 Å². The van der Waals surface area contributed by atoms with Crippen LogP contribution in [0.1, 0.15) is 123 Å². The van der Waals surface area contributed by atoms with Crippen LogP contribution >= 0.6 is 0 Å². The molecule has 5 unspecified atom stereocenters. The molecule has 2 aromatic rings. The number of fused-ring (bicyclic) bond motifs is 3. The van der Waals surface area contributed by atoms with Crippen molar-refractivity contribution in [3.8, 4) is 17.9 Å². The van der Waals surface area contributed by atoms with Gasteiger partial charge in [-0.25, -0.2) is 0 Å². The summed E-state index contributed by atoms with van der Waals surface area (Å²) in [4.78, 5) is 51.3. The van der Waals surface area contributed by atoms with Crippen molar-refractivity contribution in [2.75, 3.05) is 0 Å². The molecule has 238 valence electrons. The molecule has 2 heterocycles. The summed E-state index contributed by atoms with van der Waals surface area (Å²) in [5.74, 6) is -5.92. The number of nitriles is 2. The number of unbranched alkanes of at least 4 members (excludes halogenated alkanes) is 4. The molecule has 0 spiro atoms. The van der Waals surface area contributed by atoms with Gasteiger partial charge in [0.2, 0.25) is 0 Å². The highest BCUT2D eigenvalue weighted by Crippen LogP contribution is 2.53. The van der Waals surface area contributed by atoms with Gasteiger partial charge in [-0.1, -0.05) is 75.8 Å². The Morgan fingerprint density at radius 3 is 2.15 bits per heavy atom. The predicted molar refractivity (Wildman–Crippen MR) is 164 cm³/mol. The Balaban J connectivity index is 1.30. The highest BCUT2D eigenvalue weighted by molar-refractivity contribution is 6.01. The number of hydrogen-bond donors (Lipinski definition) is 0. The molecular weight excluding hydrogens is 584 g/mol. The lowest BCUT2D eigenvalue weighted by atomic mass is 9.65. The SMILES string of the molecule is CCCCCCCC1CCC(c2ccc(OC3C4C(=O)OC(=O)C4c4ccccc4C3C3CC(=O)OC3=O)c(C#N)c2C#N)CC1. The van der Waals surface area contributed by atoms with Crippen molar-refractivity contribution < 1.29 is 33.4 Å². The van der Waals surface area contributed by atoms with Gasteiger partial charge >= 0.3 is 23.9 Å². The van der Waals surface area contributed by atoms with Gasteiger partial charge < -0.3 is 14.2 Å². The predicted octanol–water partition coefficient (Wildman–Crippen LogP) is 6.48. The molecule has 2 aliphatic heterocycles. The third-order valence-corrected chi connectivity index (χ3v) is 10.5. The second-order valence-corrected chi connectivity index (χ2v) is 13.1. The first-order chi connectivity index (χ1) is 22.4. The van der Waals surface area contributed by atoms with E-state index in [9.17, 15) is 29.7 Å². The molecule has 0 amide bonds. The molecule has 46 heavy (non-hydrogen) atoms. The van der Waals surface area contributed by atoms with Crippen LogP contribution in [0.4, 0.5) is 0 Å². The van der Waals surface area contributed by atoms with Crippen LogP contribution in [0.2, 0.25) is 0 Å². The summed E-state index contributed by atoms with van der Waals surface area (Å²) >= 11 is 0. The molecule has 2 aromatic carbocycles. The van der Waals surface area contributed by atoms with Crippen LogP contribution in [-0.2, 0) is 28.7 Å². The fourth-order valence-corrected chi connectivity index (χ4v) is 8.23. The summed E-state index contributed by atoms with van der Waals surface area (Å²) in [6.45, 7) is 2.22. The van der Waals surface area contributed by atoms with Gasteiger partial charge in [0.15, 0.2) is 0 Å². The Morgan fingerprint density at radius 2 is 1.48 bits per heavy atom. The fourth-order valence-electron chi connectivity index (χ4n) is 8.23. The highest BCUT2D eigenvalue weighted by atomic mass is 16.6. The largest absolute Gasteiger partial charge is 0.487 e. The molecule has 9 nitrogen and oxygen atoms in total. The minimum absolute atomic E-state index is 0.0509. The number of nitrogens with zero attached hydrogens (tertiary/aromatic N) is 2. The van der Waals surface area contributed by atoms with Crippen molar-refractivity contribution in [2.45, 2.75) is 101 Å². The van der Waals surface area contributed by atoms with E-state index in [-0.39, 0.29) is 29.2 Å².